The summed E-state index contributed by atoms with van der Waals surface area (Å²) in [6, 6.07) is 0. The Labute approximate surface area is 140 Å². The Balaban J connectivity index is 2.18. The number of allylic oxidation sites excluding steroid dienone is 6. The summed E-state index contributed by atoms with van der Waals surface area (Å²) in [5.41, 5.74) is 4.54. The maximum absolute atomic E-state index is 2.48. The first-order valence-electron chi connectivity index (χ1n) is 8.22. The van der Waals surface area contributed by atoms with Gasteiger partial charge in [-0.15, -0.1) is 0 Å². The third kappa shape index (κ3) is 10.3. The first-order valence-corrected chi connectivity index (χ1v) is 10.4. The van der Waals surface area contributed by atoms with Gasteiger partial charge in [0.25, 0.3) is 0 Å². The average Bonchev–Trinajstić information content (AvgIpc) is 2.46. The molecule has 1 aliphatic heterocycles. The SMILES string of the molecule is CC(C)=CCCC(C)=CCCC(C)=CCC1CSCCS1. The molecule has 120 valence electrons. The molecule has 1 fully saturated rings. The van der Waals surface area contributed by atoms with Crippen molar-refractivity contribution >= 4 is 23.5 Å². The molecule has 0 radical (unpaired) electrons. The second kappa shape index (κ2) is 11.5. The zero-order chi connectivity index (χ0) is 15.5. The van der Waals surface area contributed by atoms with Gasteiger partial charge in [0.2, 0.25) is 0 Å². The van der Waals surface area contributed by atoms with Crippen molar-refractivity contribution in [3.05, 3.63) is 34.9 Å². The molecule has 0 saturated carbocycles. The minimum Gasteiger partial charge on any atom is -0.160 e. The van der Waals surface area contributed by atoms with Crippen LogP contribution in [0.3, 0.4) is 0 Å². The van der Waals surface area contributed by atoms with Crippen LogP contribution in [0.4, 0.5) is 0 Å². The van der Waals surface area contributed by atoms with E-state index in [1.165, 1.54) is 54.9 Å². The number of thioether (sulfide) groups is 2. The fourth-order valence-corrected chi connectivity index (χ4v) is 5.01. The van der Waals surface area contributed by atoms with Gasteiger partial charge in [0, 0.05) is 22.5 Å². The van der Waals surface area contributed by atoms with Gasteiger partial charge in [0.1, 0.15) is 0 Å². The molecule has 1 aliphatic rings. The van der Waals surface area contributed by atoms with Gasteiger partial charge in [-0.05, 0) is 59.8 Å². The van der Waals surface area contributed by atoms with E-state index >= 15 is 0 Å². The van der Waals surface area contributed by atoms with Crippen molar-refractivity contribution in [1.29, 1.82) is 0 Å². The smallest absolute Gasteiger partial charge is 0.0173 e. The summed E-state index contributed by atoms with van der Waals surface area (Å²) < 4.78 is 0. The fourth-order valence-electron chi connectivity index (χ4n) is 2.34. The van der Waals surface area contributed by atoms with Crippen LogP contribution in [0.15, 0.2) is 34.9 Å². The molecular weight excluding hydrogens is 292 g/mol. The molecule has 0 N–H and O–H groups in total. The summed E-state index contributed by atoms with van der Waals surface area (Å²) in [6.07, 6.45) is 13.4. The van der Waals surface area contributed by atoms with E-state index in [-0.39, 0.29) is 0 Å². The van der Waals surface area contributed by atoms with Crippen molar-refractivity contribution in [3.63, 3.8) is 0 Å². The van der Waals surface area contributed by atoms with Crippen LogP contribution in [0, 0.1) is 0 Å². The van der Waals surface area contributed by atoms with Gasteiger partial charge in [0.05, 0.1) is 0 Å². The molecule has 1 rings (SSSR count). The van der Waals surface area contributed by atoms with Gasteiger partial charge >= 0.3 is 0 Å². The van der Waals surface area contributed by atoms with Gasteiger partial charge in [0.15, 0.2) is 0 Å². The first kappa shape index (κ1) is 19.0. The number of rotatable bonds is 8. The highest BCUT2D eigenvalue weighted by atomic mass is 32.2. The quantitative estimate of drug-likeness (QED) is 0.459. The van der Waals surface area contributed by atoms with Gasteiger partial charge in [-0.3, -0.25) is 0 Å². The molecule has 0 nitrogen and oxygen atoms in total. The molecule has 0 amide bonds. The third-order valence-electron chi connectivity index (χ3n) is 3.74. The molecule has 0 bridgehead atoms. The molecule has 1 saturated heterocycles. The second-order valence-electron chi connectivity index (χ2n) is 6.26. The molecule has 0 aliphatic carbocycles. The largest absolute Gasteiger partial charge is 0.160 e. The van der Waals surface area contributed by atoms with E-state index in [1.807, 2.05) is 0 Å². The van der Waals surface area contributed by atoms with Crippen LogP contribution in [0.5, 0.6) is 0 Å². The first-order chi connectivity index (χ1) is 10.1. The maximum atomic E-state index is 2.48. The van der Waals surface area contributed by atoms with Crippen LogP contribution < -0.4 is 0 Å². The van der Waals surface area contributed by atoms with Crippen LogP contribution in [0.25, 0.3) is 0 Å². The van der Waals surface area contributed by atoms with Crippen molar-refractivity contribution in [3.8, 4) is 0 Å². The number of hydrogen-bond acceptors (Lipinski definition) is 2. The Morgan fingerprint density at radius 3 is 2.19 bits per heavy atom. The van der Waals surface area contributed by atoms with Crippen molar-refractivity contribution in [2.24, 2.45) is 0 Å². The lowest BCUT2D eigenvalue weighted by molar-refractivity contribution is 0.901. The third-order valence-corrected chi connectivity index (χ3v) is 6.61. The fraction of sp³-hybridized carbons (Fsp3) is 0.684. The predicted molar refractivity (Wildman–Crippen MR) is 104 cm³/mol. The minimum absolute atomic E-state index is 0.861. The minimum atomic E-state index is 0.861. The van der Waals surface area contributed by atoms with Gasteiger partial charge < -0.3 is 0 Å². The van der Waals surface area contributed by atoms with E-state index < -0.39 is 0 Å². The monoisotopic (exact) mass is 324 g/mol. The summed E-state index contributed by atoms with van der Waals surface area (Å²) in [7, 11) is 0. The van der Waals surface area contributed by atoms with Crippen molar-refractivity contribution < 1.29 is 0 Å². The Kier molecular flexibility index (Phi) is 10.4. The zero-order valence-electron chi connectivity index (χ0n) is 14.3. The molecule has 2 heteroatoms. The van der Waals surface area contributed by atoms with Crippen LogP contribution in [-0.2, 0) is 0 Å². The molecule has 21 heavy (non-hydrogen) atoms. The summed E-state index contributed by atoms with van der Waals surface area (Å²) in [5.74, 6) is 4.04. The molecule has 0 aromatic heterocycles. The maximum Gasteiger partial charge on any atom is 0.0173 e. The van der Waals surface area contributed by atoms with Crippen LogP contribution >= 0.6 is 23.5 Å². The molecular formula is C19H32S2. The average molecular weight is 325 g/mol. The topological polar surface area (TPSA) is 0 Å². The highest BCUT2D eigenvalue weighted by Gasteiger charge is 2.12. The van der Waals surface area contributed by atoms with Crippen LogP contribution in [-0.4, -0.2) is 22.5 Å². The lowest BCUT2D eigenvalue weighted by Gasteiger charge is -2.19. The van der Waals surface area contributed by atoms with E-state index in [2.05, 4.69) is 69.4 Å². The summed E-state index contributed by atoms with van der Waals surface area (Å²) in [4.78, 5) is 0. The van der Waals surface area contributed by atoms with Crippen LogP contribution in [0.1, 0.15) is 59.8 Å². The predicted octanol–water partition coefficient (Wildman–Crippen LogP) is 6.64. The van der Waals surface area contributed by atoms with E-state index in [1.54, 1.807) is 11.1 Å². The van der Waals surface area contributed by atoms with Crippen molar-refractivity contribution in [1.82, 2.24) is 0 Å². The lowest BCUT2D eigenvalue weighted by Crippen LogP contribution is -2.12. The van der Waals surface area contributed by atoms with Gasteiger partial charge in [-0.1, -0.05) is 34.9 Å². The molecule has 1 heterocycles. The van der Waals surface area contributed by atoms with Crippen molar-refractivity contribution in [2.75, 3.05) is 17.3 Å². The molecule has 0 aromatic carbocycles. The summed E-state index contributed by atoms with van der Waals surface area (Å²) in [5, 5.41) is 0.861. The van der Waals surface area contributed by atoms with Gasteiger partial charge in [-0.2, -0.15) is 23.5 Å². The molecule has 1 atom stereocenters. The second-order valence-corrected chi connectivity index (χ2v) is 8.82. The highest BCUT2D eigenvalue weighted by molar-refractivity contribution is 8.06. The van der Waals surface area contributed by atoms with E-state index in [4.69, 9.17) is 0 Å². The highest BCUT2D eigenvalue weighted by Crippen LogP contribution is 2.27. The van der Waals surface area contributed by atoms with E-state index in [0.717, 1.165) is 5.25 Å². The molecule has 0 aromatic rings. The zero-order valence-corrected chi connectivity index (χ0v) is 15.9. The molecule has 0 spiro atoms. The Hall–Kier alpha value is -0.0800. The summed E-state index contributed by atoms with van der Waals surface area (Å²) >= 11 is 4.28. The number of hydrogen-bond donors (Lipinski definition) is 0. The Morgan fingerprint density at radius 2 is 1.57 bits per heavy atom. The normalized spacial score (nSPS) is 20.5. The van der Waals surface area contributed by atoms with Gasteiger partial charge in [-0.25, -0.2) is 0 Å². The Morgan fingerprint density at radius 1 is 0.905 bits per heavy atom. The van der Waals surface area contributed by atoms with E-state index in [0.29, 0.717) is 0 Å². The molecule has 1 unspecified atom stereocenters. The lowest BCUT2D eigenvalue weighted by atomic mass is 10.1. The van der Waals surface area contributed by atoms with E-state index in [9.17, 15) is 0 Å². The van der Waals surface area contributed by atoms with Crippen molar-refractivity contribution in [2.45, 2.75) is 65.0 Å². The Bertz CT molecular complexity index is 367. The standard InChI is InChI=1S/C19H32S2/c1-16(2)7-5-8-17(3)9-6-10-18(4)11-12-19-15-20-13-14-21-19/h7,9,11,19H,5-6,8,10,12-15H2,1-4H3. The van der Waals surface area contributed by atoms with Crippen LogP contribution in [0.2, 0.25) is 0 Å². The summed E-state index contributed by atoms with van der Waals surface area (Å²) in [6.45, 7) is 8.92.